The van der Waals surface area contributed by atoms with Gasteiger partial charge >= 0.3 is 6.03 Å². The summed E-state index contributed by atoms with van der Waals surface area (Å²) in [5.41, 5.74) is 4.66. The molecule has 0 saturated heterocycles. The number of hydrogen-bond donors (Lipinski definition) is 5. The van der Waals surface area contributed by atoms with Crippen LogP contribution in [0.1, 0.15) is 53.4 Å². The number of urea groups is 1. The Labute approximate surface area is 152 Å². The van der Waals surface area contributed by atoms with E-state index in [0.29, 0.717) is 6.42 Å². The van der Waals surface area contributed by atoms with Gasteiger partial charge in [-0.25, -0.2) is 4.79 Å². The standard InChI is InChI=1S/C11H24N2OS.C6H15NO2/c1-4-10(2)6-5-7-12-11(14)13-8-9-15-3;1-3-6(2,4-8)5(7)9/h10H,4-9H2,1-3H3,(H2,12,13,14);5,8-9H,3-4,7H2,1-2H3. The van der Waals surface area contributed by atoms with Crippen molar-refractivity contribution in [1.29, 1.82) is 0 Å². The summed E-state index contributed by atoms with van der Waals surface area (Å²) in [6, 6.07) is -0.0341. The molecule has 0 aliphatic heterocycles. The molecule has 6 nitrogen and oxygen atoms in total. The molecular weight excluding hydrogens is 326 g/mol. The van der Waals surface area contributed by atoms with Gasteiger partial charge in [0.05, 0.1) is 6.61 Å². The lowest BCUT2D eigenvalue weighted by molar-refractivity contribution is -0.00350. The van der Waals surface area contributed by atoms with Crippen molar-refractivity contribution in [3.63, 3.8) is 0 Å². The van der Waals surface area contributed by atoms with E-state index >= 15 is 0 Å². The maximum Gasteiger partial charge on any atom is 0.314 e. The Morgan fingerprint density at radius 1 is 1.29 bits per heavy atom. The van der Waals surface area contributed by atoms with Crippen LogP contribution in [-0.4, -0.2) is 54.2 Å². The molecule has 0 heterocycles. The van der Waals surface area contributed by atoms with Crippen molar-refractivity contribution in [3.05, 3.63) is 0 Å². The van der Waals surface area contributed by atoms with Crippen molar-refractivity contribution >= 4 is 17.8 Å². The van der Waals surface area contributed by atoms with E-state index in [2.05, 4.69) is 24.5 Å². The van der Waals surface area contributed by atoms with Crippen LogP contribution in [0.15, 0.2) is 0 Å². The predicted molar refractivity (Wildman–Crippen MR) is 104 cm³/mol. The molecule has 0 spiro atoms. The molecule has 3 unspecified atom stereocenters. The first-order valence-corrected chi connectivity index (χ1v) is 10.2. The summed E-state index contributed by atoms with van der Waals surface area (Å²) in [4.78, 5) is 11.2. The van der Waals surface area contributed by atoms with E-state index in [9.17, 15) is 4.79 Å². The largest absolute Gasteiger partial charge is 0.396 e. The van der Waals surface area contributed by atoms with Crippen molar-refractivity contribution < 1.29 is 15.0 Å². The van der Waals surface area contributed by atoms with Crippen molar-refractivity contribution in [2.24, 2.45) is 17.1 Å². The Balaban J connectivity index is 0. The van der Waals surface area contributed by atoms with Crippen molar-refractivity contribution in [2.75, 3.05) is 31.7 Å². The zero-order valence-corrected chi connectivity index (χ0v) is 16.9. The first-order valence-electron chi connectivity index (χ1n) is 8.82. The van der Waals surface area contributed by atoms with E-state index in [1.54, 1.807) is 18.7 Å². The highest BCUT2D eigenvalue weighted by atomic mass is 32.2. The Kier molecular flexibility index (Phi) is 17.2. The number of nitrogens with two attached hydrogens (primary N) is 1. The molecule has 2 amide bonds. The molecule has 0 aliphatic carbocycles. The second-order valence-electron chi connectivity index (χ2n) is 6.44. The molecule has 0 aromatic carbocycles. The maximum atomic E-state index is 11.2. The van der Waals surface area contributed by atoms with Gasteiger partial charge in [0.1, 0.15) is 6.23 Å². The quantitative estimate of drug-likeness (QED) is 0.285. The topological polar surface area (TPSA) is 108 Å². The maximum absolute atomic E-state index is 11.2. The minimum Gasteiger partial charge on any atom is -0.396 e. The summed E-state index contributed by atoms with van der Waals surface area (Å²) < 4.78 is 0. The van der Waals surface area contributed by atoms with Gasteiger partial charge in [-0.2, -0.15) is 11.8 Å². The Hall–Kier alpha value is -0.500. The van der Waals surface area contributed by atoms with Crippen LogP contribution in [0.5, 0.6) is 0 Å². The molecule has 24 heavy (non-hydrogen) atoms. The lowest BCUT2D eigenvalue weighted by Gasteiger charge is -2.28. The van der Waals surface area contributed by atoms with E-state index < -0.39 is 11.6 Å². The van der Waals surface area contributed by atoms with Crippen LogP contribution in [0.2, 0.25) is 0 Å². The fraction of sp³-hybridized carbons (Fsp3) is 0.941. The molecule has 3 atom stereocenters. The third-order valence-electron chi connectivity index (χ3n) is 4.33. The van der Waals surface area contributed by atoms with Crippen LogP contribution < -0.4 is 16.4 Å². The first kappa shape index (κ1) is 25.7. The number of aliphatic hydroxyl groups excluding tert-OH is 2. The molecule has 7 heteroatoms. The van der Waals surface area contributed by atoms with Gasteiger partial charge in [-0.1, -0.05) is 34.1 Å². The zero-order chi connectivity index (χ0) is 19.0. The molecule has 0 bridgehead atoms. The first-order chi connectivity index (χ1) is 11.3. The van der Waals surface area contributed by atoms with Crippen LogP contribution in [0.3, 0.4) is 0 Å². The third-order valence-corrected chi connectivity index (χ3v) is 4.94. The van der Waals surface area contributed by atoms with Gasteiger partial charge in [0.2, 0.25) is 0 Å². The molecule has 0 radical (unpaired) electrons. The van der Waals surface area contributed by atoms with E-state index in [-0.39, 0.29) is 12.6 Å². The highest BCUT2D eigenvalue weighted by Crippen LogP contribution is 2.21. The van der Waals surface area contributed by atoms with E-state index in [0.717, 1.165) is 31.2 Å². The molecule has 0 fully saturated rings. The molecule has 0 rings (SSSR count). The van der Waals surface area contributed by atoms with Crippen molar-refractivity contribution in [1.82, 2.24) is 10.6 Å². The number of hydrogen-bond acceptors (Lipinski definition) is 5. The number of aliphatic hydroxyl groups is 2. The van der Waals surface area contributed by atoms with Gasteiger partial charge in [-0.3, -0.25) is 0 Å². The second kappa shape index (κ2) is 16.0. The highest BCUT2D eigenvalue weighted by molar-refractivity contribution is 7.98. The highest BCUT2D eigenvalue weighted by Gasteiger charge is 2.27. The number of nitrogens with one attached hydrogen (secondary N) is 2. The lowest BCUT2D eigenvalue weighted by atomic mass is 9.87. The van der Waals surface area contributed by atoms with E-state index in [4.69, 9.17) is 15.9 Å². The average Bonchev–Trinajstić information content (AvgIpc) is 2.58. The van der Waals surface area contributed by atoms with Crippen LogP contribution in [-0.2, 0) is 0 Å². The summed E-state index contributed by atoms with van der Waals surface area (Å²) in [6.07, 6.45) is 5.28. The third kappa shape index (κ3) is 13.9. The molecule has 6 N–H and O–H groups in total. The summed E-state index contributed by atoms with van der Waals surface area (Å²) >= 11 is 1.74. The van der Waals surface area contributed by atoms with Gasteiger partial charge in [0.25, 0.3) is 0 Å². The molecule has 0 saturated carbocycles. The van der Waals surface area contributed by atoms with E-state index in [1.807, 2.05) is 13.2 Å². The minimum absolute atomic E-state index is 0.0341. The second-order valence-corrected chi connectivity index (χ2v) is 7.43. The number of carbonyl (C=O) groups is 1. The monoisotopic (exact) mass is 365 g/mol. The van der Waals surface area contributed by atoms with Gasteiger partial charge in [-0.15, -0.1) is 0 Å². The zero-order valence-electron chi connectivity index (χ0n) is 16.1. The number of rotatable bonds is 11. The number of amides is 2. The minimum atomic E-state index is -0.924. The van der Waals surface area contributed by atoms with Crippen LogP contribution in [0, 0.1) is 11.3 Å². The average molecular weight is 366 g/mol. The molecular formula is C17H39N3O3S. The normalized spacial score (nSPS) is 15.5. The Morgan fingerprint density at radius 2 is 1.88 bits per heavy atom. The smallest absolute Gasteiger partial charge is 0.314 e. The van der Waals surface area contributed by atoms with E-state index in [1.165, 1.54) is 12.8 Å². The van der Waals surface area contributed by atoms with Crippen LogP contribution in [0.4, 0.5) is 4.79 Å². The summed E-state index contributed by atoms with van der Waals surface area (Å²) in [5, 5.41) is 23.3. The van der Waals surface area contributed by atoms with Gasteiger partial charge in [-0.05, 0) is 31.4 Å². The Bertz CT molecular complexity index is 301. The van der Waals surface area contributed by atoms with Crippen molar-refractivity contribution in [3.8, 4) is 0 Å². The van der Waals surface area contributed by atoms with Crippen LogP contribution >= 0.6 is 11.8 Å². The Morgan fingerprint density at radius 3 is 2.25 bits per heavy atom. The summed E-state index contributed by atoms with van der Waals surface area (Å²) in [7, 11) is 0. The summed E-state index contributed by atoms with van der Waals surface area (Å²) in [6.45, 7) is 9.55. The lowest BCUT2D eigenvalue weighted by Crippen LogP contribution is -2.41. The molecule has 0 aromatic heterocycles. The number of carbonyl (C=O) groups excluding carboxylic acids is 1. The molecule has 0 aromatic rings. The summed E-state index contributed by atoms with van der Waals surface area (Å²) in [5.74, 6) is 1.74. The fourth-order valence-corrected chi connectivity index (χ4v) is 1.91. The van der Waals surface area contributed by atoms with Crippen LogP contribution in [0.25, 0.3) is 0 Å². The number of thioether (sulfide) groups is 1. The fourth-order valence-electron chi connectivity index (χ4n) is 1.60. The predicted octanol–water partition coefficient (Wildman–Crippen LogP) is 2.15. The van der Waals surface area contributed by atoms with Gasteiger partial charge < -0.3 is 26.6 Å². The van der Waals surface area contributed by atoms with Crippen molar-refractivity contribution in [2.45, 2.75) is 59.6 Å². The molecule has 146 valence electrons. The van der Waals surface area contributed by atoms with Gasteiger partial charge in [0.15, 0.2) is 0 Å². The van der Waals surface area contributed by atoms with Gasteiger partial charge in [0, 0.05) is 24.3 Å². The molecule has 0 aliphatic rings. The SMILES string of the molecule is CCC(C)(CO)C(N)O.CCC(C)CCCNC(=O)NCCSC.